The zero-order valence-corrected chi connectivity index (χ0v) is 12.5. The number of carbonyl (C=O) groups excluding carboxylic acids is 2. The van der Waals surface area contributed by atoms with Crippen molar-refractivity contribution in [2.45, 2.75) is 13.8 Å². The highest BCUT2D eigenvalue weighted by molar-refractivity contribution is 7.17. The van der Waals surface area contributed by atoms with Crippen LogP contribution in [-0.4, -0.2) is 23.5 Å². The molecule has 110 valence electrons. The highest BCUT2D eigenvalue weighted by Gasteiger charge is 2.16. The third kappa shape index (κ3) is 3.79. The van der Waals surface area contributed by atoms with Gasteiger partial charge in [-0.15, -0.1) is 0 Å². The Morgan fingerprint density at radius 1 is 1.29 bits per heavy atom. The first-order valence-corrected chi connectivity index (χ1v) is 7.19. The molecule has 0 saturated carbocycles. The van der Waals surface area contributed by atoms with Gasteiger partial charge in [0.15, 0.2) is 0 Å². The molecular weight excluding hydrogens is 290 g/mol. The normalized spacial score (nSPS) is 10.0. The molecule has 2 N–H and O–H groups in total. The fraction of sp³-hybridized carbons (Fsp3) is 0.214. The monoisotopic (exact) mass is 305 g/mol. The van der Waals surface area contributed by atoms with E-state index in [1.807, 2.05) is 6.07 Å². The minimum Gasteiger partial charge on any atom is -0.462 e. The Hall–Kier alpha value is -2.41. The van der Waals surface area contributed by atoms with E-state index in [4.69, 9.17) is 4.74 Å². The van der Waals surface area contributed by atoms with Crippen LogP contribution in [0.25, 0.3) is 0 Å². The van der Waals surface area contributed by atoms with Gasteiger partial charge in [0.1, 0.15) is 4.88 Å². The maximum Gasteiger partial charge on any atom is 0.350 e. The Morgan fingerprint density at radius 3 is 2.67 bits per heavy atom. The number of anilines is 1. The van der Waals surface area contributed by atoms with E-state index in [9.17, 15) is 9.59 Å². The summed E-state index contributed by atoms with van der Waals surface area (Å²) in [5.41, 5.74) is 6.33. The summed E-state index contributed by atoms with van der Waals surface area (Å²) in [6.45, 7) is 3.77. The van der Waals surface area contributed by atoms with Gasteiger partial charge in [-0.2, -0.15) is 0 Å². The van der Waals surface area contributed by atoms with Gasteiger partial charge in [-0.05, 0) is 26.0 Å². The van der Waals surface area contributed by atoms with Gasteiger partial charge in [0, 0.05) is 5.56 Å². The van der Waals surface area contributed by atoms with E-state index in [-0.39, 0.29) is 5.91 Å². The lowest BCUT2D eigenvalue weighted by atomic mass is 10.2. The smallest absolute Gasteiger partial charge is 0.350 e. The van der Waals surface area contributed by atoms with Crippen molar-refractivity contribution in [3.8, 4) is 0 Å². The molecule has 7 heteroatoms. The standard InChI is InChI=1S/C14H15N3O3S/c1-3-20-13(19)11-9(2)15-14(21-11)17-16-12(18)10-7-5-4-6-8-10/h4-8H,3H2,1-2H3,(H,15,17)(H,16,18). The van der Waals surface area contributed by atoms with Gasteiger partial charge in [-0.25, -0.2) is 9.78 Å². The van der Waals surface area contributed by atoms with Crippen LogP contribution in [-0.2, 0) is 4.74 Å². The Labute approximate surface area is 126 Å². The average molecular weight is 305 g/mol. The maximum atomic E-state index is 11.9. The number of amides is 1. The van der Waals surface area contributed by atoms with E-state index in [1.165, 1.54) is 0 Å². The molecule has 0 bridgehead atoms. The number of ether oxygens (including phenoxy) is 1. The first-order valence-electron chi connectivity index (χ1n) is 6.37. The van der Waals surface area contributed by atoms with Crippen LogP contribution in [0.4, 0.5) is 5.13 Å². The molecule has 0 fully saturated rings. The van der Waals surface area contributed by atoms with Crippen molar-refractivity contribution in [1.29, 1.82) is 0 Å². The van der Waals surface area contributed by atoms with E-state index in [0.29, 0.717) is 27.9 Å². The Kier molecular flexibility index (Phi) is 4.89. The number of rotatable bonds is 5. The second kappa shape index (κ2) is 6.85. The number of esters is 1. The van der Waals surface area contributed by atoms with Crippen molar-refractivity contribution in [2.24, 2.45) is 0 Å². The lowest BCUT2D eigenvalue weighted by Gasteiger charge is -2.04. The summed E-state index contributed by atoms with van der Waals surface area (Å²) in [7, 11) is 0. The van der Waals surface area contributed by atoms with Gasteiger partial charge >= 0.3 is 5.97 Å². The molecule has 0 aliphatic rings. The Bertz CT molecular complexity index is 640. The maximum absolute atomic E-state index is 11.9. The Balaban J connectivity index is 2.00. The molecule has 1 amide bonds. The van der Waals surface area contributed by atoms with E-state index in [2.05, 4.69) is 15.8 Å². The molecule has 21 heavy (non-hydrogen) atoms. The molecule has 1 aromatic carbocycles. The molecule has 0 spiro atoms. The molecule has 0 unspecified atom stereocenters. The van der Waals surface area contributed by atoms with Crippen LogP contribution in [0.5, 0.6) is 0 Å². The van der Waals surface area contributed by atoms with Gasteiger partial charge in [0.05, 0.1) is 12.3 Å². The second-order valence-corrected chi connectivity index (χ2v) is 5.10. The SMILES string of the molecule is CCOC(=O)c1sc(NNC(=O)c2ccccc2)nc1C. The predicted octanol–water partition coefficient (Wildman–Crippen LogP) is 2.39. The van der Waals surface area contributed by atoms with E-state index in [1.54, 1.807) is 38.1 Å². The van der Waals surface area contributed by atoms with Crippen molar-refractivity contribution in [3.63, 3.8) is 0 Å². The van der Waals surface area contributed by atoms with E-state index >= 15 is 0 Å². The third-order valence-electron chi connectivity index (χ3n) is 2.58. The topological polar surface area (TPSA) is 80.3 Å². The molecule has 1 heterocycles. The molecule has 6 nitrogen and oxygen atoms in total. The number of nitrogens with one attached hydrogen (secondary N) is 2. The lowest BCUT2D eigenvalue weighted by Crippen LogP contribution is -2.29. The fourth-order valence-corrected chi connectivity index (χ4v) is 2.42. The first-order chi connectivity index (χ1) is 10.1. The summed E-state index contributed by atoms with van der Waals surface area (Å²) < 4.78 is 4.93. The lowest BCUT2D eigenvalue weighted by molar-refractivity contribution is 0.0531. The highest BCUT2D eigenvalue weighted by atomic mass is 32.1. The number of hydrogen-bond acceptors (Lipinski definition) is 6. The first kappa shape index (κ1) is 15.0. The van der Waals surface area contributed by atoms with E-state index in [0.717, 1.165) is 11.3 Å². The van der Waals surface area contributed by atoms with Gasteiger partial charge in [0.2, 0.25) is 5.13 Å². The van der Waals surface area contributed by atoms with Crippen molar-refractivity contribution in [1.82, 2.24) is 10.4 Å². The van der Waals surface area contributed by atoms with Crippen LogP contribution < -0.4 is 10.9 Å². The number of nitrogens with zero attached hydrogens (tertiary/aromatic N) is 1. The molecule has 2 rings (SSSR count). The van der Waals surface area contributed by atoms with Crippen molar-refractivity contribution < 1.29 is 14.3 Å². The van der Waals surface area contributed by atoms with Gasteiger partial charge in [-0.1, -0.05) is 29.5 Å². The fourth-order valence-electron chi connectivity index (χ4n) is 1.61. The molecule has 0 saturated heterocycles. The average Bonchev–Trinajstić information content (AvgIpc) is 2.87. The number of aryl methyl sites for hydroxylation is 1. The van der Waals surface area contributed by atoms with Crippen molar-refractivity contribution in [3.05, 3.63) is 46.5 Å². The van der Waals surface area contributed by atoms with Gasteiger partial charge in [-0.3, -0.25) is 15.6 Å². The molecule has 1 aromatic heterocycles. The Morgan fingerprint density at radius 2 is 2.00 bits per heavy atom. The quantitative estimate of drug-likeness (QED) is 0.655. The van der Waals surface area contributed by atoms with Crippen LogP contribution in [0.15, 0.2) is 30.3 Å². The molecule has 0 radical (unpaired) electrons. The second-order valence-electron chi connectivity index (χ2n) is 4.10. The number of benzene rings is 1. The van der Waals surface area contributed by atoms with Crippen LogP contribution in [0.2, 0.25) is 0 Å². The van der Waals surface area contributed by atoms with Crippen LogP contribution in [0, 0.1) is 6.92 Å². The number of hydrazine groups is 1. The summed E-state index contributed by atoms with van der Waals surface area (Å²) in [5, 5.41) is 0.430. The summed E-state index contributed by atoms with van der Waals surface area (Å²) in [4.78, 5) is 28.1. The number of thiazole rings is 1. The molecular formula is C14H15N3O3S. The molecule has 2 aromatic rings. The van der Waals surface area contributed by atoms with Crippen LogP contribution in [0.3, 0.4) is 0 Å². The van der Waals surface area contributed by atoms with Crippen molar-refractivity contribution in [2.75, 3.05) is 12.0 Å². The molecule has 0 aliphatic carbocycles. The van der Waals surface area contributed by atoms with Crippen molar-refractivity contribution >= 4 is 28.3 Å². The summed E-state index contributed by atoms with van der Waals surface area (Å²) in [6.07, 6.45) is 0. The summed E-state index contributed by atoms with van der Waals surface area (Å²) in [5.74, 6) is -0.684. The molecule has 0 atom stereocenters. The number of aromatic nitrogens is 1. The summed E-state index contributed by atoms with van der Waals surface area (Å²) >= 11 is 1.13. The highest BCUT2D eigenvalue weighted by Crippen LogP contribution is 2.22. The van der Waals surface area contributed by atoms with Crippen LogP contribution in [0.1, 0.15) is 32.6 Å². The minimum absolute atomic E-state index is 0.277. The zero-order chi connectivity index (χ0) is 15.2. The number of carbonyl (C=O) groups is 2. The third-order valence-corrected chi connectivity index (χ3v) is 3.63. The largest absolute Gasteiger partial charge is 0.462 e. The predicted molar refractivity (Wildman–Crippen MR) is 80.3 cm³/mol. The van der Waals surface area contributed by atoms with Crippen LogP contribution >= 0.6 is 11.3 Å². The van der Waals surface area contributed by atoms with E-state index < -0.39 is 5.97 Å². The summed E-state index contributed by atoms with van der Waals surface area (Å²) in [6, 6.07) is 8.80. The minimum atomic E-state index is -0.407. The van der Waals surface area contributed by atoms with Gasteiger partial charge < -0.3 is 4.74 Å². The van der Waals surface area contributed by atoms with Gasteiger partial charge in [0.25, 0.3) is 5.91 Å². The number of hydrogen-bond donors (Lipinski definition) is 2. The molecule has 0 aliphatic heterocycles. The zero-order valence-electron chi connectivity index (χ0n) is 11.7.